The molecule has 3 N–H and O–H groups in total. The van der Waals surface area contributed by atoms with Crippen LogP contribution in [0.5, 0.6) is 0 Å². The number of carbonyl (C=O) groups excluding carboxylic acids is 1. The lowest BCUT2D eigenvalue weighted by Gasteiger charge is -2.21. The first kappa shape index (κ1) is 24.7. The topological polar surface area (TPSA) is 74.8 Å². The molecule has 0 aromatic heterocycles. The third-order valence-corrected chi connectivity index (χ3v) is 3.81. The van der Waals surface area contributed by atoms with Gasteiger partial charge in [0.25, 0.3) is 5.91 Å². The molecule has 0 aliphatic rings. The smallest absolute Gasteiger partial charge is 0.251 e. The molecule has 26 heavy (non-hydrogen) atoms. The third kappa shape index (κ3) is 9.96. The predicted octanol–water partition coefficient (Wildman–Crippen LogP) is 2.65. The molecular weight excluding hydrogens is 443 g/mol. The maximum atomic E-state index is 11.9. The van der Waals surface area contributed by atoms with E-state index in [1.807, 2.05) is 25.1 Å². The molecule has 1 unspecified atom stereocenters. The molecule has 0 radical (unpaired) electrons. The van der Waals surface area contributed by atoms with Crippen LogP contribution in [-0.4, -0.2) is 51.3 Å². The highest BCUT2D eigenvalue weighted by molar-refractivity contribution is 14.0. The van der Waals surface area contributed by atoms with Gasteiger partial charge in [0.05, 0.1) is 6.10 Å². The van der Waals surface area contributed by atoms with Gasteiger partial charge in [-0.25, -0.2) is 0 Å². The van der Waals surface area contributed by atoms with E-state index in [1.165, 1.54) is 0 Å². The minimum Gasteiger partial charge on any atom is -0.378 e. The second-order valence-electron chi connectivity index (χ2n) is 6.07. The van der Waals surface area contributed by atoms with Crippen molar-refractivity contribution in [3.63, 3.8) is 0 Å². The molecule has 1 atom stereocenters. The van der Waals surface area contributed by atoms with E-state index in [2.05, 4.69) is 34.8 Å². The van der Waals surface area contributed by atoms with Crippen molar-refractivity contribution in [1.82, 2.24) is 16.0 Å². The van der Waals surface area contributed by atoms with Gasteiger partial charge in [-0.3, -0.25) is 9.79 Å². The van der Waals surface area contributed by atoms with Gasteiger partial charge < -0.3 is 20.7 Å². The normalized spacial score (nSPS) is 12.3. The molecule has 0 saturated carbocycles. The number of hydrogen-bond acceptors (Lipinski definition) is 3. The Kier molecular flexibility index (Phi) is 14.0. The van der Waals surface area contributed by atoms with Gasteiger partial charge in [0.2, 0.25) is 0 Å². The number of amides is 1. The predicted molar refractivity (Wildman–Crippen MR) is 118 cm³/mol. The van der Waals surface area contributed by atoms with Crippen molar-refractivity contribution in [1.29, 1.82) is 0 Å². The molecule has 0 aliphatic carbocycles. The standard InChI is InChI=1S/C19H32N4O2.HI/c1-5-25-17(15(2)3)11-12-22-19(20-4)23-14-13-21-18(24)16-9-7-6-8-10-16;/h6-10,15,17H,5,11-14H2,1-4H3,(H,21,24)(H2,20,22,23);1H. The lowest BCUT2D eigenvalue weighted by atomic mass is 10.0. The molecular formula is C19H33IN4O2. The second kappa shape index (κ2) is 14.8. The van der Waals surface area contributed by atoms with Crippen LogP contribution in [0, 0.1) is 5.92 Å². The Hall–Kier alpha value is -1.35. The molecule has 0 bridgehead atoms. The van der Waals surface area contributed by atoms with Crippen molar-refractivity contribution in [3.8, 4) is 0 Å². The fourth-order valence-electron chi connectivity index (χ4n) is 2.43. The monoisotopic (exact) mass is 476 g/mol. The van der Waals surface area contributed by atoms with Crippen LogP contribution in [-0.2, 0) is 4.74 Å². The van der Waals surface area contributed by atoms with E-state index < -0.39 is 0 Å². The number of aliphatic imine (C=N–C) groups is 1. The Labute approximate surface area is 174 Å². The largest absolute Gasteiger partial charge is 0.378 e. The molecule has 0 heterocycles. The number of rotatable bonds is 10. The summed E-state index contributed by atoms with van der Waals surface area (Å²) >= 11 is 0. The van der Waals surface area contributed by atoms with Crippen LogP contribution in [0.15, 0.2) is 35.3 Å². The zero-order chi connectivity index (χ0) is 18.5. The highest BCUT2D eigenvalue weighted by Crippen LogP contribution is 2.09. The fourth-order valence-corrected chi connectivity index (χ4v) is 2.43. The SMILES string of the molecule is CCOC(CCNC(=NC)NCCNC(=O)c1ccccc1)C(C)C.I. The summed E-state index contributed by atoms with van der Waals surface area (Å²) in [7, 11) is 1.74. The Bertz CT molecular complexity index is 524. The average molecular weight is 476 g/mol. The van der Waals surface area contributed by atoms with E-state index in [4.69, 9.17) is 4.74 Å². The Balaban J connectivity index is 0.00000625. The summed E-state index contributed by atoms with van der Waals surface area (Å²) in [6.07, 6.45) is 1.18. The van der Waals surface area contributed by atoms with Crippen LogP contribution in [0.2, 0.25) is 0 Å². The number of benzene rings is 1. The van der Waals surface area contributed by atoms with Gasteiger partial charge >= 0.3 is 0 Å². The van der Waals surface area contributed by atoms with E-state index in [0.29, 0.717) is 24.6 Å². The van der Waals surface area contributed by atoms with Gasteiger partial charge in [-0.15, -0.1) is 24.0 Å². The van der Waals surface area contributed by atoms with Crippen molar-refractivity contribution in [2.24, 2.45) is 10.9 Å². The number of nitrogens with zero attached hydrogens (tertiary/aromatic N) is 1. The van der Waals surface area contributed by atoms with Crippen LogP contribution < -0.4 is 16.0 Å². The fraction of sp³-hybridized carbons (Fsp3) is 0.579. The Morgan fingerprint density at radius 3 is 2.27 bits per heavy atom. The summed E-state index contributed by atoms with van der Waals surface area (Å²) in [5.41, 5.74) is 0.667. The van der Waals surface area contributed by atoms with Crippen molar-refractivity contribution in [2.75, 3.05) is 33.3 Å². The molecule has 0 fully saturated rings. The van der Waals surface area contributed by atoms with Gasteiger partial charge in [-0.1, -0.05) is 32.0 Å². The summed E-state index contributed by atoms with van der Waals surface area (Å²) in [5.74, 6) is 1.15. The zero-order valence-electron chi connectivity index (χ0n) is 16.2. The molecule has 0 aliphatic heterocycles. The molecule has 1 aromatic rings. The van der Waals surface area contributed by atoms with E-state index >= 15 is 0 Å². The first-order valence-corrected chi connectivity index (χ1v) is 8.97. The maximum absolute atomic E-state index is 11.9. The van der Waals surface area contributed by atoms with Gasteiger partial charge in [0.1, 0.15) is 0 Å². The van der Waals surface area contributed by atoms with Crippen molar-refractivity contribution in [2.45, 2.75) is 33.3 Å². The van der Waals surface area contributed by atoms with Crippen LogP contribution in [0.25, 0.3) is 0 Å². The van der Waals surface area contributed by atoms with Gasteiger partial charge in [-0.05, 0) is 31.4 Å². The number of guanidine groups is 1. The first-order valence-electron chi connectivity index (χ1n) is 8.97. The second-order valence-corrected chi connectivity index (χ2v) is 6.07. The van der Waals surface area contributed by atoms with Crippen LogP contribution in [0.4, 0.5) is 0 Å². The van der Waals surface area contributed by atoms with E-state index in [0.717, 1.165) is 25.5 Å². The molecule has 1 aromatic carbocycles. The quantitative estimate of drug-likeness (QED) is 0.210. The van der Waals surface area contributed by atoms with Crippen LogP contribution in [0.3, 0.4) is 0 Å². The van der Waals surface area contributed by atoms with Crippen LogP contribution in [0.1, 0.15) is 37.6 Å². The van der Waals surface area contributed by atoms with E-state index in [1.54, 1.807) is 19.2 Å². The van der Waals surface area contributed by atoms with Crippen molar-refractivity contribution >= 4 is 35.8 Å². The lowest BCUT2D eigenvalue weighted by molar-refractivity contribution is 0.0258. The zero-order valence-corrected chi connectivity index (χ0v) is 18.6. The molecule has 0 spiro atoms. The van der Waals surface area contributed by atoms with Gasteiger partial charge in [0, 0.05) is 38.9 Å². The highest BCUT2D eigenvalue weighted by Gasteiger charge is 2.12. The summed E-state index contributed by atoms with van der Waals surface area (Å²) in [4.78, 5) is 16.1. The molecule has 1 amide bonds. The summed E-state index contributed by atoms with van der Waals surface area (Å²) in [6, 6.07) is 9.19. The molecule has 6 nitrogen and oxygen atoms in total. The number of carbonyl (C=O) groups is 1. The van der Waals surface area contributed by atoms with E-state index in [-0.39, 0.29) is 36.0 Å². The molecule has 1 rings (SSSR count). The van der Waals surface area contributed by atoms with Crippen molar-refractivity contribution in [3.05, 3.63) is 35.9 Å². The van der Waals surface area contributed by atoms with Crippen molar-refractivity contribution < 1.29 is 9.53 Å². The van der Waals surface area contributed by atoms with Gasteiger partial charge in [0.15, 0.2) is 5.96 Å². The van der Waals surface area contributed by atoms with Crippen LogP contribution >= 0.6 is 24.0 Å². The number of hydrogen-bond donors (Lipinski definition) is 3. The third-order valence-electron chi connectivity index (χ3n) is 3.81. The Morgan fingerprint density at radius 2 is 1.69 bits per heavy atom. The minimum atomic E-state index is -0.0677. The molecule has 148 valence electrons. The number of halogens is 1. The maximum Gasteiger partial charge on any atom is 0.251 e. The molecule has 0 saturated heterocycles. The molecule has 7 heteroatoms. The lowest BCUT2D eigenvalue weighted by Crippen LogP contribution is -2.42. The summed E-state index contributed by atoms with van der Waals surface area (Å²) in [6.45, 7) is 9.02. The van der Waals surface area contributed by atoms with Gasteiger partial charge in [-0.2, -0.15) is 0 Å². The average Bonchev–Trinajstić information content (AvgIpc) is 2.63. The van der Waals surface area contributed by atoms with E-state index in [9.17, 15) is 4.79 Å². The first-order chi connectivity index (χ1) is 12.1. The number of ether oxygens (including phenoxy) is 1. The summed E-state index contributed by atoms with van der Waals surface area (Å²) in [5, 5.41) is 9.35. The Morgan fingerprint density at radius 1 is 1.08 bits per heavy atom. The minimum absolute atomic E-state index is 0. The number of nitrogens with one attached hydrogen (secondary N) is 3. The highest BCUT2D eigenvalue weighted by atomic mass is 127. The summed E-state index contributed by atoms with van der Waals surface area (Å²) < 4.78 is 5.74.